The minimum atomic E-state index is 0. The zero-order chi connectivity index (χ0) is 15.5. The topological polar surface area (TPSA) is 9.23 Å². The van der Waals surface area contributed by atoms with Gasteiger partial charge in [-0.15, -0.1) is 0 Å². The lowest BCUT2D eigenvalue weighted by molar-refractivity contribution is -0.00100. The number of ether oxygens (including phenoxy) is 1. The lowest BCUT2D eigenvalue weighted by atomic mass is 9.88. The molecule has 1 aliphatic rings. The second-order valence-corrected chi connectivity index (χ2v) is 6.95. The van der Waals surface area contributed by atoms with Gasteiger partial charge >= 0.3 is 0 Å². The summed E-state index contributed by atoms with van der Waals surface area (Å²) >= 11 is 1.64. The Bertz CT molecular complexity index is 470. The number of thioether (sulfide) groups is 1. The molecular formula is C20H28F5OS-5. The van der Waals surface area contributed by atoms with Gasteiger partial charge in [0, 0.05) is 17.4 Å². The van der Waals surface area contributed by atoms with Crippen LogP contribution >= 0.6 is 11.8 Å². The van der Waals surface area contributed by atoms with Crippen LogP contribution in [0.2, 0.25) is 0 Å². The summed E-state index contributed by atoms with van der Waals surface area (Å²) in [7, 11) is 0. The Morgan fingerprint density at radius 3 is 2.11 bits per heavy atom. The largest absolute Gasteiger partial charge is 1.00 e. The molecular weight excluding hydrogens is 383 g/mol. The maximum absolute atomic E-state index is 6.00. The summed E-state index contributed by atoms with van der Waals surface area (Å²) in [4.78, 5) is 1.24. The molecule has 0 heterocycles. The van der Waals surface area contributed by atoms with Crippen LogP contribution in [-0.4, -0.2) is 12.7 Å². The van der Waals surface area contributed by atoms with Crippen molar-refractivity contribution in [2.75, 3.05) is 6.61 Å². The lowest BCUT2D eigenvalue weighted by Gasteiger charge is -2.25. The zero-order valence-corrected chi connectivity index (χ0v) is 16.4. The smallest absolute Gasteiger partial charge is 0.0576 e. The highest BCUT2D eigenvalue weighted by molar-refractivity contribution is 8.03. The highest BCUT2D eigenvalue weighted by atomic mass is 32.2. The molecule has 0 spiro atoms. The van der Waals surface area contributed by atoms with E-state index in [1.165, 1.54) is 56.3 Å². The van der Waals surface area contributed by atoms with E-state index < -0.39 is 0 Å². The van der Waals surface area contributed by atoms with Gasteiger partial charge in [0.25, 0.3) is 0 Å². The quantitative estimate of drug-likeness (QED) is 0.191. The van der Waals surface area contributed by atoms with Crippen LogP contribution in [-0.2, 0) is 4.74 Å². The third-order valence-corrected chi connectivity index (χ3v) is 4.93. The van der Waals surface area contributed by atoms with Gasteiger partial charge in [0.1, 0.15) is 0 Å². The van der Waals surface area contributed by atoms with Crippen LogP contribution < -0.4 is 23.5 Å². The molecule has 1 aromatic carbocycles. The van der Waals surface area contributed by atoms with Crippen LogP contribution in [0.5, 0.6) is 0 Å². The first-order valence-corrected chi connectivity index (χ1v) is 9.54. The fourth-order valence-electron chi connectivity index (χ4n) is 2.81. The summed E-state index contributed by atoms with van der Waals surface area (Å²) in [5, 5.41) is 3.28. The molecule has 1 saturated carbocycles. The van der Waals surface area contributed by atoms with Crippen molar-refractivity contribution in [2.24, 2.45) is 5.92 Å². The summed E-state index contributed by atoms with van der Waals surface area (Å²) in [5.41, 5.74) is 0. The average molecular weight is 412 g/mol. The number of rotatable bonds is 7. The molecule has 0 atom stereocenters. The molecule has 27 heavy (non-hydrogen) atoms. The number of benzene rings is 1. The Kier molecular flexibility index (Phi) is 26.0. The van der Waals surface area contributed by atoms with Crippen molar-refractivity contribution in [3.8, 4) is 11.2 Å². The van der Waals surface area contributed by atoms with Gasteiger partial charge in [-0.1, -0.05) is 50.3 Å². The van der Waals surface area contributed by atoms with Gasteiger partial charge in [0.05, 0.1) is 6.10 Å². The Hall–Kier alpha value is -1.26. The number of unbranched alkanes of at least 4 members (excludes halogenated alkanes) is 3. The van der Waals surface area contributed by atoms with Gasteiger partial charge in [0.15, 0.2) is 0 Å². The van der Waals surface area contributed by atoms with Gasteiger partial charge < -0.3 is 28.3 Å². The third kappa shape index (κ3) is 14.5. The fraction of sp³-hybridized carbons (Fsp3) is 0.600. The maximum atomic E-state index is 6.00. The van der Waals surface area contributed by atoms with E-state index in [2.05, 4.69) is 42.4 Å². The van der Waals surface area contributed by atoms with Crippen LogP contribution in [0.4, 0.5) is 0 Å². The summed E-state index contributed by atoms with van der Waals surface area (Å²) in [6, 6.07) is 10.4. The van der Waals surface area contributed by atoms with Crippen LogP contribution in [0.15, 0.2) is 35.2 Å². The molecule has 2 rings (SSSR count). The second kappa shape index (κ2) is 21.0. The van der Waals surface area contributed by atoms with Crippen LogP contribution in [0, 0.1) is 17.1 Å². The van der Waals surface area contributed by atoms with Crippen molar-refractivity contribution in [2.45, 2.75) is 69.3 Å². The van der Waals surface area contributed by atoms with Crippen molar-refractivity contribution in [1.82, 2.24) is 0 Å². The van der Waals surface area contributed by atoms with E-state index in [0.717, 1.165) is 6.61 Å². The molecule has 0 amide bonds. The summed E-state index contributed by atoms with van der Waals surface area (Å²) < 4.78 is 6.00. The highest BCUT2D eigenvalue weighted by Gasteiger charge is 2.19. The van der Waals surface area contributed by atoms with E-state index in [1.54, 1.807) is 11.8 Å². The zero-order valence-electron chi connectivity index (χ0n) is 15.6. The molecule has 1 aromatic rings. The van der Waals surface area contributed by atoms with Gasteiger partial charge in [-0.25, -0.2) is 0 Å². The molecule has 0 saturated heterocycles. The third-order valence-electron chi connectivity index (χ3n) is 4.20. The van der Waals surface area contributed by atoms with Gasteiger partial charge in [-0.05, 0) is 61.3 Å². The number of halogens is 5. The number of hydrogen-bond acceptors (Lipinski definition) is 2. The first kappa shape index (κ1) is 33.3. The fourth-order valence-corrected chi connectivity index (χ4v) is 3.45. The molecule has 0 N–H and O–H groups in total. The average Bonchev–Trinajstić information content (AvgIpc) is 2.57. The van der Waals surface area contributed by atoms with E-state index >= 15 is 0 Å². The second-order valence-electron chi connectivity index (χ2n) is 6.07. The summed E-state index contributed by atoms with van der Waals surface area (Å²) in [6.45, 7) is 3.20. The monoisotopic (exact) mass is 411 g/mol. The van der Waals surface area contributed by atoms with Crippen LogP contribution in [0.1, 0.15) is 58.3 Å². The van der Waals surface area contributed by atoms with Crippen molar-refractivity contribution in [1.29, 1.82) is 0 Å². The Morgan fingerprint density at radius 2 is 1.52 bits per heavy atom. The molecule has 0 aromatic heterocycles. The lowest BCUT2D eigenvalue weighted by Crippen LogP contribution is -3.00. The molecule has 0 aliphatic heterocycles. The number of hydrogen-bond donors (Lipinski definition) is 0. The van der Waals surface area contributed by atoms with E-state index in [-0.39, 0.29) is 23.5 Å². The minimum absolute atomic E-state index is 0. The first-order chi connectivity index (χ1) is 10.9. The Balaban J connectivity index is -0.000000529. The van der Waals surface area contributed by atoms with Crippen LogP contribution in [0.3, 0.4) is 0 Å². The predicted molar refractivity (Wildman–Crippen MR) is 95.9 cm³/mol. The summed E-state index contributed by atoms with van der Waals surface area (Å²) in [5.74, 6) is 4.00. The van der Waals surface area contributed by atoms with Crippen molar-refractivity contribution >= 4 is 11.8 Å². The minimum Gasteiger partial charge on any atom is -1.00 e. The van der Waals surface area contributed by atoms with Gasteiger partial charge in [0.2, 0.25) is 0 Å². The van der Waals surface area contributed by atoms with Gasteiger partial charge in [-0.3, -0.25) is 0 Å². The molecule has 1 aliphatic carbocycles. The van der Waals surface area contributed by atoms with E-state index in [0.29, 0.717) is 12.0 Å². The Morgan fingerprint density at radius 1 is 0.889 bits per heavy atom. The SMILES string of the molecule is CCCCCCOC1CCC(C#CSc2ccccc2)CC1.[F-].[F-].[F-].[F-].[F-]. The van der Waals surface area contributed by atoms with Gasteiger partial charge in [-0.2, -0.15) is 0 Å². The van der Waals surface area contributed by atoms with Crippen molar-refractivity contribution < 1.29 is 28.3 Å². The first-order valence-electron chi connectivity index (χ1n) is 8.72. The molecule has 0 unspecified atom stereocenters. The Labute approximate surface area is 163 Å². The highest BCUT2D eigenvalue weighted by Crippen LogP contribution is 2.26. The molecule has 1 nitrogen and oxygen atoms in total. The standard InChI is InChI=1S/C20H28OS.5FH/c1-2-3-4-8-16-21-19-13-11-18(12-14-19)15-17-22-20-9-6-5-7-10-20;;;;;/h5-7,9-10,18-19H,2-4,8,11-14,16H2,1H3;5*1H/p-5. The van der Waals surface area contributed by atoms with E-state index in [1.807, 2.05) is 6.07 Å². The van der Waals surface area contributed by atoms with E-state index in [9.17, 15) is 0 Å². The van der Waals surface area contributed by atoms with Crippen molar-refractivity contribution in [3.63, 3.8) is 0 Å². The molecule has 160 valence electrons. The normalized spacial score (nSPS) is 17.2. The maximum Gasteiger partial charge on any atom is 0.0576 e. The van der Waals surface area contributed by atoms with E-state index in [4.69, 9.17) is 4.74 Å². The molecule has 7 heteroatoms. The summed E-state index contributed by atoms with van der Waals surface area (Å²) in [6.07, 6.45) is 10.4. The van der Waals surface area contributed by atoms with Crippen molar-refractivity contribution in [3.05, 3.63) is 30.3 Å². The predicted octanol–water partition coefficient (Wildman–Crippen LogP) is -9.08. The molecule has 1 fully saturated rings. The molecule has 0 bridgehead atoms. The molecule has 0 radical (unpaired) electrons. The van der Waals surface area contributed by atoms with Crippen LogP contribution in [0.25, 0.3) is 0 Å².